The van der Waals surface area contributed by atoms with Gasteiger partial charge in [-0.1, -0.05) is 64.8 Å². The summed E-state index contributed by atoms with van der Waals surface area (Å²) >= 11 is 0. The van der Waals surface area contributed by atoms with Gasteiger partial charge in [0.2, 0.25) is 0 Å². The van der Waals surface area contributed by atoms with Crippen molar-refractivity contribution < 1.29 is 0 Å². The van der Waals surface area contributed by atoms with Crippen LogP contribution in [0.5, 0.6) is 0 Å². The van der Waals surface area contributed by atoms with E-state index in [1.807, 2.05) is 0 Å². The fraction of sp³-hybridized carbons (Fsp3) is 0.793. The first-order valence-electron chi connectivity index (χ1n) is 13.1. The van der Waals surface area contributed by atoms with E-state index in [1.165, 1.54) is 70.6 Å². The molecular formula is C29H46. The van der Waals surface area contributed by atoms with Gasteiger partial charge in [-0.2, -0.15) is 0 Å². The van der Waals surface area contributed by atoms with E-state index in [0.29, 0.717) is 0 Å². The molecular weight excluding hydrogens is 348 g/mol. The van der Waals surface area contributed by atoms with Crippen molar-refractivity contribution in [3.05, 3.63) is 35.4 Å². The maximum Gasteiger partial charge on any atom is -0.0157 e. The second-order valence-electron chi connectivity index (χ2n) is 11.7. The van der Waals surface area contributed by atoms with Crippen LogP contribution in [-0.4, -0.2) is 0 Å². The van der Waals surface area contributed by atoms with Crippen molar-refractivity contribution in [2.75, 3.05) is 0 Å². The lowest BCUT2D eigenvalue weighted by atomic mass is 9.68. The SMILES string of the molecule is CC1CCC(C2CCC(Cc3ccc(C4CC(C)C(C)C(C)C4)cc3)CC2)CC1. The maximum absolute atomic E-state index is 2.48. The Balaban J connectivity index is 1.26. The Hall–Kier alpha value is -0.780. The largest absolute Gasteiger partial charge is 0.0625 e. The first-order chi connectivity index (χ1) is 14.0. The summed E-state index contributed by atoms with van der Waals surface area (Å²) in [6.07, 6.45) is 16.1. The first-order valence-corrected chi connectivity index (χ1v) is 13.1. The van der Waals surface area contributed by atoms with Crippen molar-refractivity contribution in [1.29, 1.82) is 0 Å². The Labute approximate surface area is 181 Å². The zero-order valence-electron chi connectivity index (χ0n) is 19.7. The van der Waals surface area contributed by atoms with Gasteiger partial charge in [-0.3, -0.25) is 0 Å². The highest BCUT2D eigenvalue weighted by atomic mass is 14.4. The molecule has 0 radical (unpaired) electrons. The molecule has 3 saturated carbocycles. The average molecular weight is 395 g/mol. The minimum atomic E-state index is 0.791. The highest BCUT2D eigenvalue weighted by molar-refractivity contribution is 5.26. The van der Waals surface area contributed by atoms with Crippen LogP contribution in [0.1, 0.15) is 109 Å². The lowest BCUT2D eigenvalue weighted by molar-refractivity contribution is 0.150. The summed E-state index contributed by atoms with van der Waals surface area (Å²) < 4.78 is 0. The molecule has 2 unspecified atom stereocenters. The molecule has 0 heterocycles. The molecule has 0 nitrogen and oxygen atoms in total. The van der Waals surface area contributed by atoms with Crippen LogP contribution in [0, 0.1) is 41.4 Å². The molecule has 4 rings (SSSR count). The topological polar surface area (TPSA) is 0 Å². The molecule has 0 amide bonds. The Bertz CT molecular complexity index is 600. The van der Waals surface area contributed by atoms with Crippen LogP contribution in [0.4, 0.5) is 0 Å². The summed E-state index contributed by atoms with van der Waals surface area (Å²) in [5.41, 5.74) is 3.20. The molecule has 2 atom stereocenters. The fourth-order valence-corrected chi connectivity index (χ4v) is 7.14. The summed E-state index contributed by atoms with van der Waals surface area (Å²) in [6.45, 7) is 9.84. The number of rotatable bonds is 4. The maximum atomic E-state index is 2.48. The Morgan fingerprint density at radius 2 is 1.17 bits per heavy atom. The van der Waals surface area contributed by atoms with Crippen LogP contribution >= 0.6 is 0 Å². The van der Waals surface area contributed by atoms with E-state index >= 15 is 0 Å². The van der Waals surface area contributed by atoms with E-state index in [0.717, 1.165) is 47.3 Å². The molecule has 1 aromatic rings. The van der Waals surface area contributed by atoms with Crippen LogP contribution < -0.4 is 0 Å². The minimum absolute atomic E-state index is 0.791. The molecule has 0 aromatic heterocycles. The average Bonchev–Trinajstić information content (AvgIpc) is 2.73. The Morgan fingerprint density at radius 3 is 1.72 bits per heavy atom. The number of hydrogen-bond acceptors (Lipinski definition) is 0. The molecule has 1 aromatic carbocycles. The summed E-state index contributed by atoms with van der Waals surface area (Å²) in [7, 11) is 0. The molecule has 0 aliphatic heterocycles. The number of hydrogen-bond donors (Lipinski definition) is 0. The smallest absolute Gasteiger partial charge is 0.0157 e. The lowest BCUT2D eigenvalue weighted by Gasteiger charge is -2.38. The van der Waals surface area contributed by atoms with Gasteiger partial charge in [0.25, 0.3) is 0 Å². The van der Waals surface area contributed by atoms with E-state index in [9.17, 15) is 0 Å². The molecule has 3 aliphatic carbocycles. The molecule has 0 heteroatoms. The summed E-state index contributed by atoms with van der Waals surface area (Å²) in [5.74, 6) is 7.46. The Morgan fingerprint density at radius 1 is 0.655 bits per heavy atom. The molecule has 3 fully saturated rings. The van der Waals surface area contributed by atoms with Crippen molar-refractivity contribution >= 4 is 0 Å². The van der Waals surface area contributed by atoms with Crippen molar-refractivity contribution in [1.82, 2.24) is 0 Å². The van der Waals surface area contributed by atoms with Gasteiger partial charge in [-0.25, -0.2) is 0 Å². The molecule has 0 saturated heterocycles. The van der Waals surface area contributed by atoms with Crippen LogP contribution in [0.15, 0.2) is 24.3 Å². The summed E-state index contributed by atoms with van der Waals surface area (Å²) in [6, 6.07) is 9.89. The van der Waals surface area contributed by atoms with Crippen LogP contribution in [0.2, 0.25) is 0 Å². The highest BCUT2D eigenvalue weighted by Gasteiger charge is 2.31. The van der Waals surface area contributed by atoms with Crippen molar-refractivity contribution in [2.45, 2.75) is 104 Å². The van der Waals surface area contributed by atoms with Crippen molar-refractivity contribution in [2.24, 2.45) is 41.4 Å². The highest BCUT2D eigenvalue weighted by Crippen LogP contribution is 2.43. The van der Waals surface area contributed by atoms with Crippen LogP contribution in [-0.2, 0) is 6.42 Å². The molecule has 0 N–H and O–H groups in total. The second-order valence-corrected chi connectivity index (χ2v) is 11.7. The molecule has 0 bridgehead atoms. The zero-order chi connectivity index (χ0) is 20.4. The molecule has 162 valence electrons. The summed E-state index contributed by atoms with van der Waals surface area (Å²) in [5, 5.41) is 0. The van der Waals surface area contributed by atoms with E-state index in [1.54, 1.807) is 11.1 Å². The first kappa shape index (κ1) is 21.5. The van der Waals surface area contributed by atoms with E-state index in [-0.39, 0.29) is 0 Å². The van der Waals surface area contributed by atoms with Gasteiger partial charge in [0.1, 0.15) is 0 Å². The zero-order valence-corrected chi connectivity index (χ0v) is 19.7. The van der Waals surface area contributed by atoms with Gasteiger partial charge in [-0.15, -0.1) is 0 Å². The monoisotopic (exact) mass is 394 g/mol. The van der Waals surface area contributed by atoms with Crippen molar-refractivity contribution in [3.63, 3.8) is 0 Å². The predicted molar refractivity (Wildman–Crippen MR) is 126 cm³/mol. The van der Waals surface area contributed by atoms with Crippen molar-refractivity contribution in [3.8, 4) is 0 Å². The van der Waals surface area contributed by atoms with Gasteiger partial charge < -0.3 is 0 Å². The predicted octanol–water partition coefficient (Wildman–Crippen LogP) is 8.65. The van der Waals surface area contributed by atoms with Gasteiger partial charge in [0.15, 0.2) is 0 Å². The normalized spacial score (nSPS) is 41.2. The van der Waals surface area contributed by atoms with E-state index < -0.39 is 0 Å². The van der Waals surface area contributed by atoms with Gasteiger partial charge in [-0.05, 0) is 116 Å². The third kappa shape index (κ3) is 5.29. The van der Waals surface area contributed by atoms with Gasteiger partial charge in [0.05, 0.1) is 0 Å². The van der Waals surface area contributed by atoms with Gasteiger partial charge >= 0.3 is 0 Å². The fourth-order valence-electron chi connectivity index (χ4n) is 7.14. The minimum Gasteiger partial charge on any atom is -0.0625 e. The van der Waals surface area contributed by atoms with Crippen LogP contribution in [0.25, 0.3) is 0 Å². The lowest BCUT2D eigenvalue weighted by Crippen LogP contribution is -2.26. The number of benzene rings is 1. The third-order valence-corrected chi connectivity index (χ3v) is 9.70. The third-order valence-electron chi connectivity index (χ3n) is 9.70. The second kappa shape index (κ2) is 9.57. The van der Waals surface area contributed by atoms with E-state index in [4.69, 9.17) is 0 Å². The summed E-state index contributed by atoms with van der Waals surface area (Å²) in [4.78, 5) is 0. The molecule has 29 heavy (non-hydrogen) atoms. The molecule has 3 aliphatic rings. The quantitative estimate of drug-likeness (QED) is 0.479. The Kier molecular flexibility index (Phi) is 7.08. The van der Waals surface area contributed by atoms with Crippen LogP contribution in [0.3, 0.4) is 0 Å². The van der Waals surface area contributed by atoms with Gasteiger partial charge in [0, 0.05) is 0 Å². The standard InChI is InChI=1S/C29H46/c1-20-5-11-26(12-6-20)27-13-7-24(8-14-27)19-25-9-15-28(16-10-25)29-17-21(2)23(4)22(3)18-29/h9-10,15-16,20-24,26-27,29H,5-8,11-14,17-19H2,1-4H3. The van der Waals surface area contributed by atoms with E-state index in [2.05, 4.69) is 52.0 Å². The molecule has 0 spiro atoms.